The predicted octanol–water partition coefficient (Wildman–Crippen LogP) is 1.31. The predicted molar refractivity (Wildman–Crippen MR) is 62.5 cm³/mol. The van der Waals surface area contributed by atoms with Crippen LogP contribution in [0.4, 0.5) is 5.95 Å². The number of aryl methyl sites for hydroxylation is 1. The van der Waals surface area contributed by atoms with E-state index in [9.17, 15) is 0 Å². The fourth-order valence-corrected chi connectivity index (χ4v) is 1.96. The van der Waals surface area contributed by atoms with Crippen molar-refractivity contribution in [1.29, 1.82) is 0 Å². The minimum Gasteiger partial charge on any atom is -0.366 e. The third kappa shape index (κ3) is 1.68. The number of nitrogen functional groups attached to an aromatic ring is 2. The highest BCUT2D eigenvalue weighted by molar-refractivity contribution is 9.10. The highest BCUT2D eigenvalue weighted by Gasteiger charge is 2.11. The molecule has 0 bridgehead atoms. The molecule has 0 aliphatic carbocycles. The van der Waals surface area contributed by atoms with E-state index in [0.29, 0.717) is 5.82 Å². The second kappa shape index (κ2) is 3.54. The van der Waals surface area contributed by atoms with Crippen LogP contribution in [0, 0.1) is 6.92 Å². The molecule has 2 aromatic rings. The van der Waals surface area contributed by atoms with Gasteiger partial charge in [0.25, 0.3) is 0 Å². The van der Waals surface area contributed by atoms with Gasteiger partial charge >= 0.3 is 0 Å². The summed E-state index contributed by atoms with van der Waals surface area (Å²) < 4.78 is 2.18. The monoisotopic (exact) mass is 267 g/mol. The molecule has 1 heterocycles. The van der Waals surface area contributed by atoms with Gasteiger partial charge in [0, 0.05) is 10.0 Å². The molecule has 0 spiro atoms. The van der Waals surface area contributed by atoms with Gasteiger partial charge in [-0.1, -0.05) is 22.0 Å². The molecule has 0 saturated carbocycles. The van der Waals surface area contributed by atoms with Gasteiger partial charge in [-0.15, -0.1) is 10.2 Å². The fraction of sp³-hybridized carbons (Fsp3) is 0.111. The number of anilines is 1. The quantitative estimate of drug-likeness (QED) is 0.764. The second-order valence-electron chi connectivity index (χ2n) is 3.24. The number of hydrogen-bond acceptors (Lipinski definition) is 4. The van der Waals surface area contributed by atoms with E-state index in [1.165, 1.54) is 4.68 Å². The number of benzene rings is 1. The van der Waals surface area contributed by atoms with Gasteiger partial charge < -0.3 is 11.6 Å². The van der Waals surface area contributed by atoms with Crippen LogP contribution in [0.3, 0.4) is 0 Å². The summed E-state index contributed by atoms with van der Waals surface area (Å²) in [7, 11) is 0. The molecule has 0 atom stereocenters. The molecule has 6 heteroatoms. The van der Waals surface area contributed by atoms with Gasteiger partial charge in [0.1, 0.15) is 0 Å². The van der Waals surface area contributed by atoms with Gasteiger partial charge in [-0.05, 0) is 24.6 Å². The molecule has 15 heavy (non-hydrogen) atoms. The van der Waals surface area contributed by atoms with Crippen LogP contribution in [-0.2, 0) is 0 Å². The zero-order valence-corrected chi connectivity index (χ0v) is 9.69. The SMILES string of the molecule is Cc1ccc(-c2nnc(N)n2N)c(Br)c1. The molecule has 0 aliphatic heterocycles. The first-order valence-corrected chi connectivity index (χ1v) is 5.11. The lowest BCUT2D eigenvalue weighted by Crippen LogP contribution is -2.13. The van der Waals surface area contributed by atoms with Crippen LogP contribution in [0.5, 0.6) is 0 Å². The number of hydrogen-bond donors (Lipinski definition) is 2. The molecule has 0 aliphatic rings. The first kappa shape index (κ1) is 9.97. The van der Waals surface area contributed by atoms with Crippen LogP contribution in [0.25, 0.3) is 11.4 Å². The zero-order valence-electron chi connectivity index (χ0n) is 8.11. The molecule has 78 valence electrons. The average molecular weight is 268 g/mol. The topological polar surface area (TPSA) is 82.8 Å². The van der Waals surface area contributed by atoms with E-state index >= 15 is 0 Å². The van der Waals surface area contributed by atoms with Gasteiger partial charge in [-0.2, -0.15) is 0 Å². The lowest BCUT2D eigenvalue weighted by atomic mass is 10.1. The summed E-state index contributed by atoms with van der Waals surface area (Å²) in [4.78, 5) is 0. The van der Waals surface area contributed by atoms with Gasteiger partial charge in [0.05, 0.1) is 0 Å². The van der Waals surface area contributed by atoms with Crippen molar-refractivity contribution >= 4 is 21.9 Å². The van der Waals surface area contributed by atoms with Crippen molar-refractivity contribution in [3.8, 4) is 11.4 Å². The lowest BCUT2D eigenvalue weighted by molar-refractivity contribution is 1.02. The molecule has 0 amide bonds. The molecule has 0 saturated heterocycles. The van der Waals surface area contributed by atoms with Gasteiger partial charge in [0.2, 0.25) is 5.95 Å². The Hall–Kier alpha value is -1.56. The molecule has 0 unspecified atom stereocenters. The standard InChI is InChI=1S/C9H10BrN5/c1-5-2-3-6(7(10)4-5)8-13-14-9(11)15(8)12/h2-4H,12H2,1H3,(H2,11,14). The Labute approximate surface area is 95.2 Å². The molecule has 1 aromatic heterocycles. The summed E-state index contributed by atoms with van der Waals surface area (Å²) in [6, 6.07) is 5.89. The normalized spacial score (nSPS) is 10.5. The number of nitrogens with two attached hydrogens (primary N) is 2. The first-order valence-electron chi connectivity index (χ1n) is 4.32. The molecule has 1 aromatic carbocycles. The molecular formula is C9H10BrN5. The van der Waals surface area contributed by atoms with Crippen LogP contribution < -0.4 is 11.6 Å². The highest BCUT2D eigenvalue weighted by atomic mass is 79.9. The van der Waals surface area contributed by atoms with Crippen LogP contribution in [0.2, 0.25) is 0 Å². The van der Waals surface area contributed by atoms with Crippen LogP contribution >= 0.6 is 15.9 Å². The Morgan fingerprint density at radius 3 is 2.60 bits per heavy atom. The zero-order chi connectivity index (χ0) is 11.0. The van der Waals surface area contributed by atoms with Crippen molar-refractivity contribution in [2.45, 2.75) is 6.92 Å². The summed E-state index contributed by atoms with van der Waals surface area (Å²) in [5.74, 6) is 6.42. The van der Waals surface area contributed by atoms with E-state index in [0.717, 1.165) is 15.6 Å². The summed E-state index contributed by atoms with van der Waals surface area (Å²) in [5.41, 5.74) is 7.53. The Morgan fingerprint density at radius 2 is 2.07 bits per heavy atom. The van der Waals surface area contributed by atoms with Crippen molar-refractivity contribution in [1.82, 2.24) is 14.9 Å². The third-order valence-corrected chi connectivity index (χ3v) is 2.74. The van der Waals surface area contributed by atoms with Crippen molar-refractivity contribution in [3.05, 3.63) is 28.2 Å². The summed E-state index contributed by atoms with van der Waals surface area (Å²) in [6.07, 6.45) is 0. The molecular weight excluding hydrogens is 258 g/mol. The Morgan fingerprint density at radius 1 is 1.33 bits per heavy atom. The summed E-state index contributed by atoms with van der Waals surface area (Å²) in [6.45, 7) is 2.01. The summed E-state index contributed by atoms with van der Waals surface area (Å²) >= 11 is 3.45. The van der Waals surface area contributed by atoms with E-state index in [1.807, 2.05) is 25.1 Å². The minimum absolute atomic E-state index is 0.192. The Balaban J connectivity index is 2.59. The van der Waals surface area contributed by atoms with Gasteiger partial charge in [0.15, 0.2) is 5.82 Å². The number of nitrogens with zero attached hydrogens (tertiary/aromatic N) is 3. The summed E-state index contributed by atoms with van der Waals surface area (Å²) in [5, 5.41) is 7.61. The molecule has 2 rings (SSSR count). The van der Waals surface area contributed by atoms with Crippen LogP contribution in [0.15, 0.2) is 22.7 Å². The molecule has 0 radical (unpaired) electrons. The number of aromatic nitrogens is 3. The Bertz CT molecular complexity index is 505. The highest BCUT2D eigenvalue weighted by Crippen LogP contribution is 2.27. The maximum absolute atomic E-state index is 5.69. The van der Waals surface area contributed by atoms with Crippen molar-refractivity contribution in [2.75, 3.05) is 11.6 Å². The minimum atomic E-state index is 0.192. The largest absolute Gasteiger partial charge is 0.366 e. The lowest BCUT2D eigenvalue weighted by Gasteiger charge is -2.04. The van der Waals surface area contributed by atoms with E-state index in [-0.39, 0.29) is 5.95 Å². The fourth-order valence-electron chi connectivity index (χ4n) is 1.29. The second-order valence-corrected chi connectivity index (χ2v) is 4.09. The number of halogens is 1. The molecule has 5 nitrogen and oxygen atoms in total. The van der Waals surface area contributed by atoms with Crippen LogP contribution in [0.1, 0.15) is 5.56 Å². The first-order chi connectivity index (χ1) is 7.09. The van der Waals surface area contributed by atoms with E-state index in [4.69, 9.17) is 11.6 Å². The van der Waals surface area contributed by atoms with Gasteiger partial charge in [-0.25, -0.2) is 4.68 Å². The van der Waals surface area contributed by atoms with Gasteiger partial charge in [-0.3, -0.25) is 0 Å². The van der Waals surface area contributed by atoms with Crippen molar-refractivity contribution in [3.63, 3.8) is 0 Å². The Kier molecular flexibility index (Phi) is 2.36. The van der Waals surface area contributed by atoms with Crippen LogP contribution in [-0.4, -0.2) is 14.9 Å². The van der Waals surface area contributed by atoms with E-state index in [2.05, 4.69) is 26.1 Å². The average Bonchev–Trinajstić information content (AvgIpc) is 2.49. The smallest absolute Gasteiger partial charge is 0.241 e. The van der Waals surface area contributed by atoms with Crippen molar-refractivity contribution < 1.29 is 0 Å². The van der Waals surface area contributed by atoms with E-state index in [1.54, 1.807) is 0 Å². The van der Waals surface area contributed by atoms with E-state index < -0.39 is 0 Å². The molecule has 0 fully saturated rings. The molecule has 4 N–H and O–H groups in total. The maximum Gasteiger partial charge on any atom is 0.241 e. The number of rotatable bonds is 1. The maximum atomic E-state index is 5.69. The van der Waals surface area contributed by atoms with Crippen molar-refractivity contribution in [2.24, 2.45) is 0 Å². The third-order valence-electron chi connectivity index (χ3n) is 2.09.